The molecule has 1 unspecified atom stereocenters. The smallest absolute Gasteiger partial charge is 0.187 e. The highest BCUT2D eigenvalue weighted by molar-refractivity contribution is 5.89. The molecule has 3 heterocycles. The van der Waals surface area contributed by atoms with Gasteiger partial charge in [-0.05, 0) is 12.5 Å². The van der Waals surface area contributed by atoms with Crippen LogP contribution in [0.2, 0.25) is 0 Å². The Morgan fingerprint density at radius 2 is 1.97 bits per heavy atom. The number of hydrogen-bond donors (Lipinski definition) is 2. The van der Waals surface area contributed by atoms with Gasteiger partial charge < -0.3 is 25.4 Å². The van der Waals surface area contributed by atoms with E-state index in [1.165, 1.54) is 0 Å². The Hall–Kier alpha value is -3.20. The number of rotatable bonds is 7. The molecule has 0 spiro atoms. The number of methoxy groups -OCH3 is 2. The Morgan fingerprint density at radius 3 is 2.74 bits per heavy atom. The van der Waals surface area contributed by atoms with E-state index < -0.39 is 0 Å². The van der Waals surface area contributed by atoms with Crippen molar-refractivity contribution in [3.8, 4) is 22.9 Å². The van der Waals surface area contributed by atoms with E-state index in [0.717, 1.165) is 50.1 Å². The largest absolute Gasteiger partial charge is 0.491 e. The molecule has 1 aromatic carbocycles. The molecule has 9 nitrogen and oxygen atoms in total. The summed E-state index contributed by atoms with van der Waals surface area (Å²) in [6, 6.07) is 2.18. The van der Waals surface area contributed by atoms with Gasteiger partial charge in [-0.3, -0.25) is 0 Å². The fourth-order valence-corrected chi connectivity index (χ4v) is 4.16. The molecule has 0 amide bonds. The van der Waals surface area contributed by atoms with Gasteiger partial charge in [0.15, 0.2) is 23.0 Å². The van der Waals surface area contributed by atoms with Crippen LogP contribution in [-0.2, 0) is 0 Å². The van der Waals surface area contributed by atoms with Crippen LogP contribution in [0, 0.1) is 0 Å². The lowest BCUT2D eigenvalue weighted by Gasteiger charge is -2.40. The maximum absolute atomic E-state index is 6.35. The van der Waals surface area contributed by atoms with Gasteiger partial charge in [0.1, 0.15) is 5.52 Å². The van der Waals surface area contributed by atoms with Crippen LogP contribution in [-0.4, -0.2) is 59.8 Å². The lowest BCUT2D eigenvalue weighted by molar-refractivity contribution is 0.353. The predicted octanol–water partition coefficient (Wildman–Crippen LogP) is 2.65. The van der Waals surface area contributed by atoms with E-state index in [4.69, 9.17) is 15.2 Å². The van der Waals surface area contributed by atoms with Gasteiger partial charge in [-0.1, -0.05) is 19.8 Å². The molecular formula is C22H29N7O2. The first kappa shape index (κ1) is 21.0. The Kier molecular flexibility index (Phi) is 6.31. The Labute approximate surface area is 182 Å². The zero-order chi connectivity index (χ0) is 21.8. The number of hydrogen-bond acceptors (Lipinski definition) is 9. The quantitative estimate of drug-likeness (QED) is 0.554. The number of nitrogens with one attached hydrogen (secondary N) is 1. The molecule has 0 saturated carbocycles. The van der Waals surface area contributed by atoms with E-state index in [1.54, 1.807) is 32.8 Å². The molecule has 0 aliphatic carbocycles. The highest BCUT2D eigenvalue weighted by atomic mass is 16.5. The first-order valence-corrected chi connectivity index (χ1v) is 10.6. The number of piperazine rings is 1. The Balaban J connectivity index is 1.92. The third kappa shape index (κ3) is 4.05. The van der Waals surface area contributed by atoms with Crippen molar-refractivity contribution in [3.05, 3.63) is 24.7 Å². The van der Waals surface area contributed by atoms with Crippen LogP contribution in [0.3, 0.4) is 0 Å². The number of benzene rings is 1. The molecule has 9 heteroatoms. The van der Waals surface area contributed by atoms with Gasteiger partial charge >= 0.3 is 0 Å². The highest BCUT2D eigenvalue weighted by Gasteiger charge is 2.31. The molecule has 0 bridgehead atoms. The summed E-state index contributed by atoms with van der Waals surface area (Å²) in [7, 11) is 3.24. The zero-order valence-corrected chi connectivity index (χ0v) is 18.3. The number of nitrogen functional groups attached to an aromatic ring is 1. The van der Waals surface area contributed by atoms with Crippen LogP contribution in [0.15, 0.2) is 24.7 Å². The first-order chi connectivity index (χ1) is 15.2. The third-order valence-corrected chi connectivity index (χ3v) is 5.64. The van der Waals surface area contributed by atoms with Crippen molar-refractivity contribution in [2.45, 2.75) is 32.2 Å². The van der Waals surface area contributed by atoms with E-state index >= 15 is 0 Å². The van der Waals surface area contributed by atoms with Gasteiger partial charge in [0.25, 0.3) is 0 Å². The van der Waals surface area contributed by atoms with Crippen molar-refractivity contribution in [3.63, 3.8) is 0 Å². The normalized spacial score (nSPS) is 16.5. The second-order valence-corrected chi connectivity index (χ2v) is 7.58. The fourth-order valence-electron chi connectivity index (χ4n) is 4.16. The molecule has 31 heavy (non-hydrogen) atoms. The van der Waals surface area contributed by atoms with Crippen molar-refractivity contribution >= 4 is 22.5 Å². The SMILES string of the molecule is CCCCC1CNCCN1c1c(-c2ncc3nccnc3n2)cc(N)c(OC)c1OC. The standard InChI is InChI=1S/C22H29N7O2/c1-4-5-6-14-12-24-9-10-29(14)18-15(11-16(23)19(30-2)20(18)31-3)21-27-13-17-22(28-21)26-8-7-25-17/h7-8,11,13-14,24H,4-6,9-10,12,23H2,1-3H3. The summed E-state index contributed by atoms with van der Waals surface area (Å²) < 4.78 is 11.5. The minimum Gasteiger partial charge on any atom is -0.491 e. The monoisotopic (exact) mass is 423 g/mol. The number of nitrogens with zero attached hydrogens (tertiary/aromatic N) is 5. The van der Waals surface area contributed by atoms with E-state index in [0.29, 0.717) is 40.2 Å². The van der Waals surface area contributed by atoms with E-state index in [9.17, 15) is 0 Å². The molecule has 4 rings (SSSR count). The molecule has 3 N–H and O–H groups in total. The van der Waals surface area contributed by atoms with Crippen LogP contribution in [0.25, 0.3) is 22.6 Å². The minimum absolute atomic E-state index is 0.315. The van der Waals surface area contributed by atoms with Gasteiger partial charge in [-0.2, -0.15) is 0 Å². The number of anilines is 2. The van der Waals surface area contributed by atoms with Crippen LogP contribution in [0.1, 0.15) is 26.2 Å². The van der Waals surface area contributed by atoms with Crippen molar-refractivity contribution < 1.29 is 9.47 Å². The maximum atomic E-state index is 6.35. The van der Waals surface area contributed by atoms with Gasteiger partial charge in [0.2, 0.25) is 0 Å². The summed E-state index contributed by atoms with van der Waals surface area (Å²) >= 11 is 0. The second-order valence-electron chi connectivity index (χ2n) is 7.58. The molecule has 2 aromatic heterocycles. The molecule has 164 valence electrons. The summed E-state index contributed by atoms with van der Waals surface area (Å²) in [4.78, 5) is 20.3. The van der Waals surface area contributed by atoms with E-state index in [1.807, 2.05) is 6.07 Å². The first-order valence-electron chi connectivity index (χ1n) is 10.6. The molecule has 0 radical (unpaired) electrons. The Bertz CT molecular complexity index is 1060. The van der Waals surface area contributed by atoms with Gasteiger partial charge in [0, 0.05) is 43.6 Å². The predicted molar refractivity (Wildman–Crippen MR) is 122 cm³/mol. The van der Waals surface area contributed by atoms with Crippen molar-refractivity contribution in [1.82, 2.24) is 25.3 Å². The van der Waals surface area contributed by atoms with Crippen LogP contribution >= 0.6 is 0 Å². The average Bonchev–Trinajstić information content (AvgIpc) is 2.81. The van der Waals surface area contributed by atoms with Gasteiger partial charge in [0.05, 0.1) is 31.8 Å². The topological polar surface area (TPSA) is 111 Å². The zero-order valence-electron chi connectivity index (χ0n) is 18.3. The molecule has 1 aliphatic heterocycles. The third-order valence-electron chi connectivity index (χ3n) is 5.64. The maximum Gasteiger partial charge on any atom is 0.187 e. The van der Waals surface area contributed by atoms with E-state index in [2.05, 4.69) is 37.1 Å². The average molecular weight is 424 g/mol. The number of unbranched alkanes of at least 4 members (excludes halogenated alkanes) is 1. The minimum atomic E-state index is 0.315. The molecular weight excluding hydrogens is 394 g/mol. The second kappa shape index (κ2) is 9.30. The van der Waals surface area contributed by atoms with Crippen LogP contribution < -0.4 is 25.4 Å². The van der Waals surface area contributed by atoms with Gasteiger partial charge in [-0.15, -0.1) is 0 Å². The Morgan fingerprint density at radius 1 is 1.16 bits per heavy atom. The lowest BCUT2D eigenvalue weighted by Crippen LogP contribution is -2.51. The van der Waals surface area contributed by atoms with Crippen molar-refractivity contribution in [1.29, 1.82) is 0 Å². The summed E-state index contributed by atoms with van der Waals surface area (Å²) in [6.07, 6.45) is 8.31. The lowest BCUT2D eigenvalue weighted by atomic mass is 10.0. The number of fused-ring (bicyclic) bond motifs is 1. The van der Waals surface area contributed by atoms with E-state index in [-0.39, 0.29) is 0 Å². The van der Waals surface area contributed by atoms with Crippen LogP contribution in [0.5, 0.6) is 11.5 Å². The number of ether oxygens (including phenoxy) is 2. The number of aromatic nitrogens is 4. The molecule has 1 fully saturated rings. The molecule has 1 aliphatic rings. The highest BCUT2D eigenvalue weighted by Crippen LogP contribution is 2.48. The van der Waals surface area contributed by atoms with Gasteiger partial charge in [-0.25, -0.2) is 19.9 Å². The van der Waals surface area contributed by atoms with Crippen molar-refractivity contribution in [2.75, 3.05) is 44.5 Å². The molecule has 1 atom stereocenters. The molecule has 1 saturated heterocycles. The summed E-state index contributed by atoms with van der Waals surface area (Å²) in [5.74, 6) is 1.65. The summed E-state index contributed by atoms with van der Waals surface area (Å²) in [6.45, 7) is 4.82. The van der Waals surface area contributed by atoms with Crippen molar-refractivity contribution in [2.24, 2.45) is 0 Å². The summed E-state index contributed by atoms with van der Waals surface area (Å²) in [5, 5.41) is 3.52. The fraction of sp³-hybridized carbons (Fsp3) is 0.455. The number of nitrogens with two attached hydrogens (primary N) is 1. The van der Waals surface area contributed by atoms with Crippen LogP contribution in [0.4, 0.5) is 11.4 Å². The molecule has 3 aromatic rings. The summed E-state index contributed by atoms with van der Waals surface area (Å²) in [5.41, 5.74) is 9.70.